The van der Waals surface area contributed by atoms with E-state index in [2.05, 4.69) is 31.5 Å². The topological polar surface area (TPSA) is 91.3 Å². The zero-order chi connectivity index (χ0) is 14.4. The van der Waals surface area contributed by atoms with Gasteiger partial charge in [0.15, 0.2) is 5.13 Å². The van der Waals surface area contributed by atoms with Crippen LogP contribution in [0.4, 0.5) is 9.93 Å². The summed E-state index contributed by atoms with van der Waals surface area (Å²) < 4.78 is 0.811. The second-order valence-electron chi connectivity index (χ2n) is 4.47. The van der Waals surface area contributed by atoms with E-state index in [-0.39, 0.29) is 12.5 Å². The van der Waals surface area contributed by atoms with E-state index in [4.69, 9.17) is 5.11 Å². The Morgan fingerprint density at radius 1 is 1.53 bits per heavy atom. The molecule has 0 bridgehead atoms. The van der Waals surface area contributed by atoms with Gasteiger partial charge in [0.25, 0.3) is 0 Å². The van der Waals surface area contributed by atoms with E-state index in [1.54, 1.807) is 6.20 Å². The van der Waals surface area contributed by atoms with Crippen LogP contribution in [0.2, 0.25) is 0 Å². The third-order valence-corrected chi connectivity index (χ3v) is 3.70. The number of urea groups is 1. The van der Waals surface area contributed by atoms with Crippen LogP contribution in [0.25, 0.3) is 0 Å². The van der Waals surface area contributed by atoms with Crippen LogP contribution in [0.5, 0.6) is 0 Å². The van der Waals surface area contributed by atoms with Crippen LogP contribution in [0.1, 0.15) is 20.3 Å². The number of aromatic nitrogens is 1. The highest BCUT2D eigenvalue weighted by atomic mass is 79.9. The number of thiazole rings is 1. The van der Waals surface area contributed by atoms with Crippen molar-refractivity contribution >= 4 is 44.4 Å². The number of nitrogens with one attached hydrogen (secondary N) is 2. The molecule has 0 fully saturated rings. The molecule has 0 aliphatic carbocycles. The number of amides is 2. The molecule has 106 valence electrons. The van der Waals surface area contributed by atoms with Gasteiger partial charge in [-0.2, -0.15) is 0 Å². The molecule has 0 spiro atoms. The predicted molar refractivity (Wildman–Crippen MR) is 77.4 cm³/mol. The van der Waals surface area contributed by atoms with Gasteiger partial charge in [0.2, 0.25) is 0 Å². The molecule has 1 unspecified atom stereocenters. The summed E-state index contributed by atoms with van der Waals surface area (Å²) in [6.45, 7) is 4.00. The second kappa shape index (κ2) is 7.44. The van der Waals surface area contributed by atoms with Crippen molar-refractivity contribution in [3.05, 3.63) is 9.98 Å². The first-order valence-corrected chi connectivity index (χ1v) is 7.38. The van der Waals surface area contributed by atoms with Crippen LogP contribution in [0, 0.1) is 11.8 Å². The Morgan fingerprint density at radius 3 is 2.68 bits per heavy atom. The smallest absolute Gasteiger partial charge is 0.321 e. The van der Waals surface area contributed by atoms with Crippen LogP contribution >= 0.6 is 27.3 Å². The van der Waals surface area contributed by atoms with Crippen LogP contribution < -0.4 is 10.6 Å². The summed E-state index contributed by atoms with van der Waals surface area (Å²) in [7, 11) is 0. The maximum Gasteiger partial charge on any atom is 0.321 e. The fraction of sp³-hybridized carbons (Fsp3) is 0.545. The number of rotatable bonds is 6. The van der Waals surface area contributed by atoms with Crippen molar-refractivity contribution in [3.8, 4) is 0 Å². The average molecular weight is 350 g/mol. The normalized spacial score (nSPS) is 12.2. The molecule has 1 aromatic rings. The summed E-state index contributed by atoms with van der Waals surface area (Å²) in [5, 5.41) is 14.6. The molecule has 1 heterocycles. The van der Waals surface area contributed by atoms with Gasteiger partial charge < -0.3 is 10.4 Å². The lowest BCUT2D eigenvalue weighted by molar-refractivity contribution is -0.142. The Hall–Kier alpha value is -1.15. The minimum absolute atomic E-state index is 0.103. The molecule has 0 aliphatic rings. The van der Waals surface area contributed by atoms with Gasteiger partial charge in [0.1, 0.15) is 0 Å². The molecule has 1 rings (SSSR count). The van der Waals surface area contributed by atoms with Crippen molar-refractivity contribution in [2.75, 3.05) is 11.9 Å². The average Bonchev–Trinajstić information content (AvgIpc) is 2.69. The minimum Gasteiger partial charge on any atom is -0.481 e. The molecule has 1 aromatic heterocycles. The molecule has 0 saturated carbocycles. The van der Waals surface area contributed by atoms with Gasteiger partial charge in [-0.1, -0.05) is 25.2 Å². The summed E-state index contributed by atoms with van der Waals surface area (Å²) in [5.41, 5.74) is 0. The third-order valence-electron chi connectivity index (χ3n) is 2.31. The van der Waals surface area contributed by atoms with Crippen molar-refractivity contribution < 1.29 is 14.7 Å². The Kier molecular flexibility index (Phi) is 6.23. The molecule has 6 nitrogen and oxygen atoms in total. The molecule has 1 atom stereocenters. The maximum atomic E-state index is 11.6. The fourth-order valence-corrected chi connectivity index (χ4v) is 2.61. The van der Waals surface area contributed by atoms with Crippen molar-refractivity contribution in [2.45, 2.75) is 20.3 Å². The Labute approximate surface area is 123 Å². The van der Waals surface area contributed by atoms with E-state index in [9.17, 15) is 9.59 Å². The van der Waals surface area contributed by atoms with Gasteiger partial charge in [-0.25, -0.2) is 9.78 Å². The van der Waals surface area contributed by atoms with E-state index in [0.29, 0.717) is 11.6 Å². The summed E-state index contributed by atoms with van der Waals surface area (Å²) in [6, 6.07) is -0.447. The largest absolute Gasteiger partial charge is 0.481 e. The number of halogens is 1. The van der Waals surface area contributed by atoms with E-state index in [0.717, 1.165) is 3.79 Å². The van der Waals surface area contributed by atoms with Crippen molar-refractivity contribution in [1.82, 2.24) is 10.3 Å². The van der Waals surface area contributed by atoms with Crippen LogP contribution in [-0.4, -0.2) is 28.6 Å². The molecule has 19 heavy (non-hydrogen) atoms. The highest BCUT2D eigenvalue weighted by Gasteiger charge is 2.19. The molecule has 8 heteroatoms. The molecule has 0 saturated heterocycles. The number of hydrogen-bond donors (Lipinski definition) is 3. The SMILES string of the molecule is CC(C)CC(CNC(=O)Nc1ncc(Br)s1)C(=O)O. The van der Waals surface area contributed by atoms with Crippen molar-refractivity contribution in [2.24, 2.45) is 11.8 Å². The lowest BCUT2D eigenvalue weighted by Crippen LogP contribution is -2.36. The molecular weight excluding hydrogens is 334 g/mol. The van der Waals surface area contributed by atoms with Crippen LogP contribution in [-0.2, 0) is 4.79 Å². The number of carboxylic acids is 1. The fourth-order valence-electron chi connectivity index (χ4n) is 1.51. The maximum absolute atomic E-state index is 11.6. The van der Waals surface area contributed by atoms with Crippen molar-refractivity contribution in [1.29, 1.82) is 0 Å². The van der Waals surface area contributed by atoms with Gasteiger partial charge in [-0.05, 0) is 28.3 Å². The van der Waals surface area contributed by atoms with Gasteiger partial charge in [-0.3, -0.25) is 10.1 Å². The number of anilines is 1. The lowest BCUT2D eigenvalue weighted by atomic mass is 9.97. The number of nitrogens with zero attached hydrogens (tertiary/aromatic N) is 1. The van der Waals surface area contributed by atoms with E-state index >= 15 is 0 Å². The van der Waals surface area contributed by atoms with E-state index < -0.39 is 17.9 Å². The monoisotopic (exact) mass is 349 g/mol. The minimum atomic E-state index is -0.897. The number of carbonyl (C=O) groups excluding carboxylic acids is 1. The van der Waals surface area contributed by atoms with Crippen LogP contribution in [0.3, 0.4) is 0 Å². The Bertz CT molecular complexity index is 450. The summed E-state index contributed by atoms with van der Waals surface area (Å²) in [6.07, 6.45) is 2.11. The molecule has 0 radical (unpaired) electrons. The van der Waals surface area contributed by atoms with E-state index in [1.165, 1.54) is 11.3 Å². The Balaban J connectivity index is 2.41. The molecule has 0 aliphatic heterocycles. The summed E-state index contributed by atoms with van der Waals surface area (Å²) in [5.74, 6) is -1.21. The number of carbonyl (C=O) groups is 2. The first-order chi connectivity index (χ1) is 8.88. The quantitative estimate of drug-likeness (QED) is 0.736. The van der Waals surface area contributed by atoms with Gasteiger partial charge in [0, 0.05) is 6.54 Å². The van der Waals surface area contributed by atoms with Gasteiger partial charge in [-0.15, -0.1) is 0 Å². The first kappa shape index (κ1) is 15.9. The number of aliphatic carboxylic acids is 1. The predicted octanol–water partition coefficient (Wildman–Crippen LogP) is 2.77. The lowest BCUT2D eigenvalue weighted by Gasteiger charge is -2.15. The second-order valence-corrected chi connectivity index (χ2v) is 6.88. The Morgan fingerprint density at radius 2 is 2.21 bits per heavy atom. The number of hydrogen-bond acceptors (Lipinski definition) is 4. The number of carboxylic acid groups (broad SMARTS) is 1. The van der Waals surface area contributed by atoms with E-state index in [1.807, 2.05) is 13.8 Å². The summed E-state index contributed by atoms with van der Waals surface area (Å²) >= 11 is 4.52. The standard InChI is InChI=1S/C11H16BrN3O3S/c1-6(2)3-7(9(16)17)4-13-10(18)15-11-14-5-8(12)19-11/h5-7H,3-4H2,1-2H3,(H,16,17)(H2,13,14,15,18). The zero-order valence-corrected chi connectivity index (χ0v) is 13.0. The van der Waals surface area contributed by atoms with Crippen molar-refractivity contribution in [3.63, 3.8) is 0 Å². The zero-order valence-electron chi connectivity index (χ0n) is 10.6. The molecule has 2 amide bonds. The first-order valence-electron chi connectivity index (χ1n) is 5.77. The highest BCUT2D eigenvalue weighted by Crippen LogP contribution is 2.22. The molecule has 0 aromatic carbocycles. The summed E-state index contributed by atoms with van der Waals surface area (Å²) in [4.78, 5) is 26.5. The van der Waals surface area contributed by atoms with Gasteiger partial charge in [0.05, 0.1) is 15.9 Å². The van der Waals surface area contributed by atoms with Gasteiger partial charge >= 0.3 is 12.0 Å². The third kappa shape index (κ3) is 6.02. The van der Waals surface area contributed by atoms with Crippen LogP contribution in [0.15, 0.2) is 9.98 Å². The molecule has 3 N–H and O–H groups in total. The molecular formula is C11H16BrN3O3S. The highest BCUT2D eigenvalue weighted by molar-refractivity contribution is 9.11.